The minimum Gasteiger partial charge on any atom is -0.353 e. The third-order valence-electron chi connectivity index (χ3n) is 6.90. The molecule has 0 saturated carbocycles. The molecule has 0 bridgehead atoms. The number of fused-ring (bicyclic) bond motifs is 2. The zero-order valence-electron chi connectivity index (χ0n) is 20.6. The number of rotatable bonds is 6. The highest BCUT2D eigenvalue weighted by atomic mass is 32.2. The van der Waals surface area contributed by atoms with E-state index in [1.165, 1.54) is 11.5 Å². The molecule has 8 nitrogen and oxygen atoms in total. The Morgan fingerprint density at radius 1 is 1.11 bits per heavy atom. The zero-order valence-corrected chi connectivity index (χ0v) is 22.3. The monoisotopic (exact) mass is 568 g/mol. The van der Waals surface area contributed by atoms with Crippen LogP contribution >= 0.6 is 11.5 Å². The van der Waals surface area contributed by atoms with Gasteiger partial charge >= 0.3 is 12.1 Å². The summed E-state index contributed by atoms with van der Waals surface area (Å²) in [4.78, 5) is 17.1. The van der Waals surface area contributed by atoms with Crippen molar-refractivity contribution in [2.24, 2.45) is 0 Å². The van der Waals surface area contributed by atoms with Crippen molar-refractivity contribution in [1.29, 1.82) is 0 Å². The van der Waals surface area contributed by atoms with E-state index in [-0.39, 0.29) is 18.5 Å². The van der Waals surface area contributed by atoms with E-state index in [9.17, 15) is 26.4 Å². The SMILES string of the molecule is CS(=O)(=O)OC1c2cc(CCN3CCN(c4nsc5ccccc45)CC3)ccc2CCN1C(=O)C(F)(F)F. The van der Waals surface area contributed by atoms with E-state index in [1.807, 2.05) is 18.2 Å². The van der Waals surface area contributed by atoms with Gasteiger partial charge in [-0.1, -0.05) is 30.3 Å². The number of carbonyl (C=O) groups is 1. The summed E-state index contributed by atoms with van der Waals surface area (Å²) < 4.78 is 74.2. The van der Waals surface area contributed by atoms with Crippen LogP contribution in [0.15, 0.2) is 42.5 Å². The molecular weight excluding hydrogens is 541 g/mol. The van der Waals surface area contributed by atoms with E-state index < -0.39 is 28.4 Å². The van der Waals surface area contributed by atoms with Crippen molar-refractivity contribution in [3.8, 4) is 0 Å². The summed E-state index contributed by atoms with van der Waals surface area (Å²) in [6, 6.07) is 13.5. The third kappa shape index (κ3) is 5.80. The second kappa shape index (κ2) is 10.4. The van der Waals surface area contributed by atoms with E-state index in [0.717, 1.165) is 60.4 Å². The van der Waals surface area contributed by atoms with Crippen LogP contribution in [-0.2, 0) is 31.9 Å². The summed E-state index contributed by atoms with van der Waals surface area (Å²) in [5.74, 6) is -1.11. The van der Waals surface area contributed by atoms with Crippen molar-refractivity contribution in [2.45, 2.75) is 25.2 Å². The Morgan fingerprint density at radius 2 is 1.84 bits per heavy atom. The van der Waals surface area contributed by atoms with E-state index >= 15 is 0 Å². The molecule has 5 rings (SSSR count). The van der Waals surface area contributed by atoms with Gasteiger partial charge < -0.3 is 9.80 Å². The van der Waals surface area contributed by atoms with Crippen molar-refractivity contribution in [2.75, 3.05) is 50.4 Å². The lowest BCUT2D eigenvalue weighted by Crippen LogP contribution is -2.48. The molecule has 204 valence electrons. The number of alkyl halides is 3. The van der Waals surface area contributed by atoms with Crippen molar-refractivity contribution < 1.29 is 30.6 Å². The number of halogens is 3. The minimum atomic E-state index is -5.14. The molecule has 3 heterocycles. The van der Waals surface area contributed by atoms with Crippen LogP contribution in [0.4, 0.5) is 19.0 Å². The number of hydrogen-bond donors (Lipinski definition) is 0. The van der Waals surface area contributed by atoms with Gasteiger partial charge in [-0.05, 0) is 47.6 Å². The van der Waals surface area contributed by atoms with Crippen LogP contribution in [0.2, 0.25) is 0 Å². The summed E-state index contributed by atoms with van der Waals surface area (Å²) in [5, 5.41) is 1.16. The Hall–Kier alpha value is -2.74. The van der Waals surface area contributed by atoms with E-state index in [0.29, 0.717) is 16.9 Å². The lowest BCUT2D eigenvalue weighted by atomic mass is 9.94. The molecule has 1 amide bonds. The van der Waals surface area contributed by atoms with Crippen molar-refractivity contribution in [3.05, 3.63) is 59.2 Å². The highest BCUT2D eigenvalue weighted by molar-refractivity contribution is 7.86. The Balaban J connectivity index is 1.26. The fourth-order valence-electron chi connectivity index (χ4n) is 4.99. The second-order valence-electron chi connectivity index (χ2n) is 9.51. The van der Waals surface area contributed by atoms with Gasteiger partial charge in [-0.15, -0.1) is 0 Å². The highest BCUT2D eigenvalue weighted by Gasteiger charge is 2.47. The number of benzene rings is 2. The van der Waals surface area contributed by atoms with Crippen LogP contribution in [0.25, 0.3) is 10.1 Å². The molecule has 0 spiro atoms. The van der Waals surface area contributed by atoms with Crippen LogP contribution in [0.5, 0.6) is 0 Å². The van der Waals surface area contributed by atoms with Gasteiger partial charge in [0, 0.05) is 50.2 Å². The molecule has 38 heavy (non-hydrogen) atoms. The number of amides is 1. The lowest BCUT2D eigenvalue weighted by molar-refractivity contribution is -0.194. The number of hydrogen-bond acceptors (Lipinski definition) is 8. The van der Waals surface area contributed by atoms with E-state index in [4.69, 9.17) is 4.18 Å². The molecule has 13 heteroatoms. The maximum atomic E-state index is 13.2. The maximum Gasteiger partial charge on any atom is 0.471 e. The number of piperazine rings is 1. The molecule has 2 aliphatic rings. The third-order valence-corrected chi connectivity index (χ3v) is 8.25. The predicted molar refractivity (Wildman–Crippen MR) is 139 cm³/mol. The Morgan fingerprint density at radius 3 is 2.55 bits per heavy atom. The fourth-order valence-corrected chi connectivity index (χ4v) is 6.33. The molecule has 3 aromatic rings. The van der Waals surface area contributed by atoms with Crippen molar-refractivity contribution in [1.82, 2.24) is 14.2 Å². The summed E-state index contributed by atoms with van der Waals surface area (Å²) >= 11 is 1.49. The van der Waals surface area contributed by atoms with Crippen LogP contribution in [0.1, 0.15) is 22.9 Å². The van der Waals surface area contributed by atoms with Crippen molar-refractivity contribution >= 4 is 43.5 Å². The Labute approximate surface area is 222 Å². The molecular formula is C25H27F3N4O4S2. The smallest absolute Gasteiger partial charge is 0.353 e. The number of aromatic nitrogens is 1. The van der Waals surface area contributed by atoms with Gasteiger partial charge in [0.25, 0.3) is 10.1 Å². The first-order chi connectivity index (χ1) is 18.0. The zero-order chi connectivity index (χ0) is 27.1. The average Bonchev–Trinajstić information content (AvgIpc) is 3.30. The topological polar surface area (TPSA) is 83.1 Å². The average molecular weight is 569 g/mol. The summed E-state index contributed by atoms with van der Waals surface area (Å²) in [7, 11) is -4.14. The van der Waals surface area contributed by atoms with E-state index in [1.54, 1.807) is 12.1 Å². The molecule has 2 aliphatic heterocycles. The van der Waals surface area contributed by atoms with Crippen LogP contribution in [0, 0.1) is 0 Å². The van der Waals surface area contributed by atoms with Gasteiger partial charge in [0.15, 0.2) is 6.23 Å². The number of carbonyl (C=O) groups excluding carboxylic acids is 1. The Bertz CT molecular complexity index is 1440. The minimum absolute atomic E-state index is 0.175. The first-order valence-electron chi connectivity index (χ1n) is 12.2. The first kappa shape index (κ1) is 26.9. The van der Waals surface area contributed by atoms with Crippen LogP contribution in [0.3, 0.4) is 0 Å². The Kier molecular flexibility index (Phi) is 7.37. The normalized spacial score (nSPS) is 19.1. The predicted octanol–water partition coefficient (Wildman–Crippen LogP) is 3.58. The van der Waals surface area contributed by atoms with Gasteiger partial charge in [0.2, 0.25) is 0 Å². The second-order valence-corrected chi connectivity index (χ2v) is 11.9. The van der Waals surface area contributed by atoms with Gasteiger partial charge in [-0.3, -0.25) is 9.69 Å². The molecule has 1 unspecified atom stereocenters. The quantitative estimate of drug-likeness (QED) is 0.421. The largest absolute Gasteiger partial charge is 0.471 e. The molecule has 0 radical (unpaired) electrons. The van der Waals surface area contributed by atoms with Gasteiger partial charge in [0.1, 0.15) is 5.82 Å². The summed E-state index contributed by atoms with van der Waals surface area (Å²) in [6.07, 6.45) is -5.24. The fraction of sp³-hybridized carbons (Fsp3) is 0.440. The molecule has 1 atom stereocenters. The first-order valence-corrected chi connectivity index (χ1v) is 14.8. The van der Waals surface area contributed by atoms with E-state index in [2.05, 4.69) is 26.3 Å². The van der Waals surface area contributed by atoms with Crippen molar-refractivity contribution in [3.63, 3.8) is 0 Å². The summed E-state index contributed by atoms with van der Waals surface area (Å²) in [6.45, 7) is 3.78. The standard InChI is InChI=1S/C25H27F3N4O4S2/c1-38(34,35)36-23-20-16-17(6-7-18(20)9-11-32(23)24(33)25(26,27)28)8-10-30-12-14-31(15-13-30)22-19-4-2-3-5-21(19)37-29-22/h2-7,16,23H,8-15H2,1H3. The van der Waals surface area contributed by atoms with Gasteiger partial charge in [0.05, 0.1) is 11.0 Å². The molecule has 0 aliphatic carbocycles. The molecule has 1 saturated heterocycles. The number of anilines is 1. The van der Waals surface area contributed by atoms with Gasteiger partial charge in [-0.2, -0.15) is 26.0 Å². The number of nitrogens with zero attached hydrogens (tertiary/aromatic N) is 4. The molecule has 0 N–H and O–H groups in total. The molecule has 2 aromatic carbocycles. The highest BCUT2D eigenvalue weighted by Crippen LogP contribution is 2.36. The van der Waals surface area contributed by atoms with Gasteiger partial charge in [-0.25, -0.2) is 4.18 Å². The molecule has 1 fully saturated rings. The van der Waals surface area contributed by atoms with Crippen LogP contribution in [-0.4, -0.2) is 80.2 Å². The molecule has 1 aromatic heterocycles. The lowest BCUT2D eigenvalue weighted by Gasteiger charge is -2.37. The summed E-state index contributed by atoms with van der Waals surface area (Å²) in [5.41, 5.74) is 1.77. The van der Waals surface area contributed by atoms with Crippen LogP contribution < -0.4 is 4.90 Å². The maximum absolute atomic E-state index is 13.2.